The number of carbonyl (C=O) groups is 3. The lowest BCUT2D eigenvalue weighted by Gasteiger charge is -2.05. The maximum Gasteiger partial charge on any atom is 0.490 e. The Labute approximate surface area is 168 Å². The summed E-state index contributed by atoms with van der Waals surface area (Å²) in [6.07, 6.45) is -3.64. The maximum atomic E-state index is 11.7. The number of aryl methyl sites for hydroxylation is 2. The summed E-state index contributed by atoms with van der Waals surface area (Å²) < 4.78 is 31.7. The van der Waals surface area contributed by atoms with Gasteiger partial charge in [-0.2, -0.15) is 13.2 Å². The van der Waals surface area contributed by atoms with E-state index in [2.05, 4.69) is 11.4 Å². The summed E-state index contributed by atoms with van der Waals surface area (Å²) in [6, 6.07) is 8.19. The molecule has 1 aromatic carbocycles. The van der Waals surface area contributed by atoms with Crippen LogP contribution in [0.3, 0.4) is 0 Å². The number of amides is 1. The van der Waals surface area contributed by atoms with E-state index in [9.17, 15) is 22.8 Å². The molecule has 11 heteroatoms. The minimum absolute atomic E-state index is 0.0626. The Morgan fingerprint density at radius 2 is 1.68 bits per heavy atom. The number of carboxylic acids is 2. The minimum Gasteiger partial charge on any atom is -0.481 e. The summed E-state index contributed by atoms with van der Waals surface area (Å²) in [6.45, 7) is 2.67. The summed E-state index contributed by atoms with van der Waals surface area (Å²) in [7, 11) is 3.12. The highest BCUT2D eigenvalue weighted by Gasteiger charge is 2.38. The molecule has 1 aromatic rings. The zero-order chi connectivity index (χ0) is 21.6. The van der Waals surface area contributed by atoms with Crippen LogP contribution in [-0.4, -0.2) is 52.3 Å². The van der Waals surface area contributed by atoms with E-state index in [1.165, 1.54) is 21.9 Å². The summed E-state index contributed by atoms with van der Waals surface area (Å²) in [4.78, 5) is 30.9. The molecular formula is C17H22F3NO5S2. The van der Waals surface area contributed by atoms with Gasteiger partial charge in [0.05, 0.1) is 6.42 Å². The number of hydrogen-bond donors (Lipinski definition) is 3. The van der Waals surface area contributed by atoms with Crippen LogP contribution >= 0.6 is 21.6 Å². The molecule has 158 valence electrons. The first-order chi connectivity index (χ1) is 13.0. The van der Waals surface area contributed by atoms with Gasteiger partial charge in [-0.05, 0) is 18.9 Å². The Balaban J connectivity index is 0.000000887. The first kappa shape index (κ1) is 26.1. The van der Waals surface area contributed by atoms with Crippen molar-refractivity contribution in [2.75, 3.05) is 18.1 Å². The van der Waals surface area contributed by atoms with Gasteiger partial charge in [-0.15, -0.1) is 0 Å². The Hall–Kier alpha value is -1.88. The molecule has 0 aliphatic carbocycles. The van der Waals surface area contributed by atoms with Gasteiger partial charge in [0.15, 0.2) is 0 Å². The predicted molar refractivity (Wildman–Crippen MR) is 103 cm³/mol. The van der Waals surface area contributed by atoms with E-state index < -0.39 is 18.1 Å². The highest BCUT2D eigenvalue weighted by molar-refractivity contribution is 8.76. The van der Waals surface area contributed by atoms with E-state index in [0.717, 1.165) is 12.2 Å². The van der Waals surface area contributed by atoms with Crippen molar-refractivity contribution in [2.24, 2.45) is 0 Å². The molecular weight excluding hydrogens is 419 g/mol. The van der Waals surface area contributed by atoms with Crippen LogP contribution in [0.1, 0.15) is 24.0 Å². The summed E-state index contributed by atoms with van der Waals surface area (Å²) in [5, 5.41) is 18.5. The molecule has 0 spiro atoms. The van der Waals surface area contributed by atoms with Crippen LogP contribution in [0.25, 0.3) is 0 Å². The third-order valence-corrected chi connectivity index (χ3v) is 5.36. The number of benzene rings is 1. The topological polar surface area (TPSA) is 104 Å². The number of alkyl halides is 3. The quantitative estimate of drug-likeness (QED) is 0.377. The molecule has 0 radical (unpaired) electrons. The number of halogens is 3. The average molecular weight is 441 g/mol. The van der Waals surface area contributed by atoms with Crippen molar-refractivity contribution < 1.29 is 37.8 Å². The summed E-state index contributed by atoms with van der Waals surface area (Å²) in [5.41, 5.74) is 2.39. The van der Waals surface area contributed by atoms with Gasteiger partial charge in [0.25, 0.3) is 0 Å². The standard InChI is InChI=1S/C15H21NO3S2.C2HF3O2/c1-12-3-2-4-13(11-12)5-6-14(17)16-8-10-21-20-9-7-15(18)19;3-2(4,5)1(6)7/h2-4,11H,5-10H2,1H3,(H,16,17)(H,18,19);(H,6,7). The van der Waals surface area contributed by atoms with E-state index >= 15 is 0 Å². The van der Waals surface area contributed by atoms with Crippen LogP contribution in [0.4, 0.5) is 13.2 Å². The largest absolute Gasteiger partial charge is 0.490 e. The number of aliphatic carboxylic acids is 2. The molecule has 1 amide bonds. The van der Waals surface area contributed by atoms with Gasteiger partial charge in [0.2, 0.25) is 5.91 Å². The molecule has 6 nitrogen and oxygen atoms in total. The van der Waals surface area contributed by atoms with Gasteiger partial charge >= 0.3 is 18.1 Å². The van der Waals surface area contributed by atoms with Crippen molar-refractivity contribution in [2.45, 2.75) is 32.4 Å². The van der Waals surface area contributed by atoms with Crippen LogP contribution in [-0.2, 0) is 20.8 Å². The minimum atomic E-state index is -5.08. The first-order valence-electron chi connectivity index (χ1n) is 8.11. The molecule has 1 rings (SSSR count). The molecule has 0 aromatic heterocycles. The molecule has 0 bridgehead atoms. The second-order valence-corrected chi connectivity index (χ2v) is 8.13. The number of carboxylic acid groups (broad SMARTS) is 2. The third kappa shape index (κ3) is 15.2. The van der Waals surface area contributed by atoms with Crippen molar-refractivity contribution in [3.8, 4) is 0 Å². The zero-order valence-electron chi connectivity index (χ0n) is 15.1. The summed E-state index contributed by atoms with van der Waals surface area (Å²) >= 11 is 0. The van der Waals surface area contributed by atoms with Crippen molar-refractivity contribution >= 4 is 39.4 Å². The Morgan fingerprint density at radius 3 is 2.21 bits per heavy atom. The van der Waals surface area contributed by atoms with Gasteiger partial charge in [0, 0.05) is 24.5 Å². The fraction of sp³-hybridized carbons (Fsp3) is 0.471. The normalized spacial score (nSPS) is 10.6. The number of hydrogen-bond acceptors (Lipinski definition) is 5. The molecule has 0 atom stereocenters. The Bertz CT molecular complexity index is 641. The van der Waals surface area contributed by atoms with Crippen LogP contribution < -0.4 is 5.32 Å². The van der Waals surface area contributed by atoms with Gasteiger partial charge in [-0.3, -0.25) is 9.59 Å². The molecule has 0 fully saturated rings. The monoisotopic (exact) mass is 441 g/mol. The molecule has 0 saturated carbocycles. The van der Waals surface area contributed by atoms with Crippen molar-refractivity contribution in [3.05, 3.63) is 35.4 Å². The van der Waals surface area contributed by atoms with Crippen molar-refractivity contribution in [1.29, 1.82) is 0 Å². The second kappa shape index (κ2) is 14.2. The lowest BCUT2D eigenvalue weighted by molar-refractivity contribution is -0.192. The van der Waals surface area contributed by atoms with E-state index in [4.69, 9.17) is 15.0 Å². The van der Waals surface area contributed by atoms with E-state index in [1.54, 1.807) is 10.8 Å². The van der Waals surface area contributed by atoms with Crippen LogP contribution in [0, 0.1) is 6.92 Å². The van der Waals surface area contributed by atoms with Crippen LogP contribution in [0.2, 0.25) is 0 Å². The average Bonchev–Trinajstić information content (AvgIpc) is 2.58. The number of nitrogens with one attached hydrogen (secondary N) is 1. The first-order valence-corrected chi connectivity index (χ1v) is 10.6. The summed E-state index contributed by atoms with van der Waals surface area (Å²) in [5.74, 6) is -2.07. The maximum absolute atomic E-state index is 11.7. The highest BCUT2D eigenvalue weighted by atomic mass is 33.1. The van der Waals surface area contributed by atoms with E-state index in [-0.39, 0.29) is 12.3 Å². The molecule has 0 heterocycles. The molecule has 0 saturated heterocycles. The highest BCUT2D eigenvalue weighted by Crippen LogP contribution is 2.20. The molecule has 0 aliphatic rings. The SMILES string of the molecule is Cc1cccc(CCC(=O)NCCSSCCC(=O)O)c1.O=C(O)C(F)(F)F. The van der Waals surface area contributed by atoms with Gasteiger partial charge in [-0.25, -0.2) is 4.79 Å². The zero-order valence-corrected chi connectivity index (χ0v) is 16.8. The predicted octanol–water partition coefficient (Wildman–Crippen LogP) is 3.53. The number of rotatable bonds is 10. The van der Waals surface area contributed by atoms with Crippen molar-refractivity contribution in [3.63, 3.8) is 0 Å². The lowest BCUT2D eigenvalue weighted by atomic mass is 10.1. The van der Waals surface area contributed by atoms with Crippen molar-refractivity contribution in [1.82, 2.24) is 5.32 Å². The molecule has 0 aliphatic heterocycles. The van der Waals surface area contributed by atoms with Gasteiger partial charge in [-0.1, -0.05) is 51.4 Å². The number of carbonyl (C=O) groups excluding carboxylic acids is 1. The Kier molecular flexibility index (Phi) is 13.2. The third-order valence-electron chi connectivity index (χ3n) is 2.96. The molecule has 28 heavy (non-hydrogen) atoms. The van der Waals surface area contributed by atoms with Crippen LogP contribution in [0.15, 0.2) is 24.3 Å². The second-order valence-electron chi connectivity index (χ2n) is 5.43. The Morgan fingerprint density at radius 1 is 1.07 bits per heavy atom. The lowest BCUT2D eigenvalue weighted by Crippen LogP contribution is -2.25. The van der Waals surface area contributed by atoms with E-state index in [0.29, 0.717) is 18.7 Å². The van der Waals surface area contributed by atoms with Gasteiger partial charge < -0.3 is 15.5 Å². The molecule has 0 unspecified atom stereocenters. The van der Waals surface area contributed by atoms with Gasteiger partial charge in [0.1, 0.15) is 0 Å². The fourth-order valence-electron chi connectivity index (χ4n) is 1.69. The van der Waals surface area contributed by atoms with E-state index in [1.807, 2.05) is 25.1 Å². The van der Waals surface area contributed by atoms with Crippen LogP contribution in [0.5, 0.6) is 0 Å². The smallest absolute Gasteiger partial charge is 0.481 e. The fourth-order valence-corrected chi connectivity index (χ4v) is 3.58. The molecule has 3 N–H and O–H groups in total.